The number of rotatable bonds is 4. The van der Waals surface area contributed by atoms with Gasteiger partial charge in [-0.15, -0.1) is 0 Å². The van der Waals surface area contributed by atoms with Crippen molar-refractivity contribution in [1.29, 1.82) is 0 Å². The number of nitrogens with zero attached hydrogens (tertiary/aromatic N) is 2. The number of hydrazone groups is 1. The summed E-state index contributed by atoms with van der Waals surface area (Å²) in [6, 6.07) is 13.2. The molecule has 0 aliphatic carbocycles. The SMILES string of the molecule is CC(C)c1ccc(/C=N\NC(=O)c2ccccn2)cc1. The van der Waals surface area contributed by atoms with Crippen molar-refractivity contribution in [3.05, 3.63) is 65.5 Å². The molecule has 0 aliphatic heterocycles. The van der Waals surface area contributed by atoms with Crippen molar-refractivity contribution >= 4 is 12.1 Å². The van der Waals surface area contributed by atoms with Crippen molar-refractivity contribution in [2.45, 2.75) is 19.8 Å². The van der Waals surface area contributed by atoms with E-state index >= 15 is 0 Å². The second-order valence-corrected chi connectivity index (χ2v) is 4.74. The molecule has 1 heterocycles. The van der Waals surface area contributed by atoms with Gasteiger partial charge in [-0.25, -0.2) is 5.43 Å². The van der Waals surface area contributed by atoms with Gasteiger partial charge in [-0.05, 0) is 29.2 Å². The first-order chi connectivity index (χ1) is 9.66. The van der Waals surface area contributed by atoms with Crippen LogP contribution in [0.1, 0.15) is 41.4 Å². The molecular formula is C16H17N3O. The summed E-state index contributed by atoms with van der Waals surface area (Å²) in [7, 11) is 0. The number of hydrogen-bond acceptors (Lipinski definition) is 3. The summed E-state index contributed by atoms with van der Waals surface area (Å²) in [5.41, 5.74) is 5.02. The lowest BCUT2D eigenvalue weighted by atomic mass is 10.0. The van der Waals surface area contributed by atoms with E-state index in [1.807, 2.05) is 12.1 Å². The third-order valence-electron chi connectivity index (χ3n) is 2.88. The van der Waals surface area contributed by atoms with Gasteiger partial charge < -0.3 is 0 Å². The van der Waals surface area contributed by atoms with Crippen LogP contribution in [-0.2, 0) is 0 Å². The molecule has 102 valence electrons. The Morgan fingerprint density at radius 3 is 2.55 bits per heavy atom. The first-order valence-corrected chi connectivity index (χ1v) is 6.51. The predicted molar refractivity (Wildman–Crippen MR) is 79.8 cm³/mol. The molecule has 0 unspecified atom stereocenters. The lowest BCUT2D eigenvalue weighted by Gasteiger charge is -2.04. The van der Waals surface area contributed by atoms with Crippen LogP contribution in [0.2, 0.25) is 0 Å². The summed E-state index contributed by atoms with van der Waals surface area (Å²) in [6.07, 6.45) is 3.19. The van der Waals surface area contributed by atoms with Crippen LogP contribution < -0.4 is 5.43 Å². The van der Waals surface area contributed by atoms with Gasteiger partial charge in [0.2, 0.25) is 0 Å². The van der Waals surface area contributed by atoms with Gasteiger partial charge in [0.15, 0.2) is 0 Å². The van der Waals surface area contributed by atoms with Gasteiger partial charge >= 0.3 is 0 Å². The van der Waals surface area contributed by atoms with Crippen LogP contribution in [0.15, 0.2) is 53.8 Å². The minimum absolute atomic E-state index is 0.319. The van der Waals surface area contributed by atoms with Gasteiger partial charge in [0.1, 0.15) is 5.69 Å². The summed E-state index contributed by atoms with van der Waals surface area (Å²) in [4.78, 5) is 15.6. The topological polar surface area (TPSA) is 54.4 Å². The minimum Gasteiger partial charge on any atom is -0.266 e. The fraction of sp³-hybridized carbons (Fsp3) is 0.188. The fourth-order valence-electron chi connectivity index (χ4n) is 1.69. The number of pyridine rings is 1. The fourth-order valence-corrected chi connectivity index (χ4v) is 1.69. The van der Waals surface area contributed by atoms with Crippen molar-refractivity contribution in [1.82, 2.24) is 10.4 Å². The Bertz CT molecular complexity index is 589. The summed E-state index contributed by atoms with van der Waals surface area (Å²) < 4.78 is 0. The van der Waals surface area contributed by atoms with Crippen LogP contribution in [0.4, 0.5) is 0 Å². The van der Waals surface area contributed by atoms with E-state index < -0.39 is 0 Å². The number of amides is 1. The molecule has 2 aromatic rings. The van der Waals surface area contributed by atoms with Crippen LogP contribution in [0.5, 0.6) is 0 Å². The molecule has 0 saturated heterocycles. The number of benzene rings is 1. The van der Waals surface area contributed by atoms with E-state index in [1.54, 1.807) is 30.6 Å². The Balaban J connectivity index is 1.95. The summed E-state index contributed by atoms with van der Waals surface area (Å²) in [5, 5.41) is 3.93. The van der Waals surface area contributed by atoms with E-state index in [-0.39, 0.29) is 5.91 Å². The first kappa shape index (κ1) is 13.9. The van der Waals surface area contributed by atoms with Crippen molar-refractivity contribution < 1.29 is 4.79 Å². The van der Waals surface area contributed by atoms with Crippen molar-refractivity contribution in [2.75, 3.05) is 0 Å². The molecule has 0 spiro atoms. The van der Waals surface area contributed by atoms with Crippen molar-refractivity contribution in [3.63, 3.8) is 0 Å². The minimum atomic E-state index is -0.319. The standard InChI is InChI=1S/C16H17N3O/c1-12(2)14-8-6-13(7-9-14)11-18-19-16(20)15-5-3-4-10-17-15/h3-12H,1-2H3,(H,19,20)/b18-11-. The Morgan fingerprint density at radius 2 is 1.95 bits per heavy atom. The third kappa shape index (κ3) is 3.75. The maximum atomic E-state index is 11.7. The van der Waals surface area contributed by atoms with Gasteiger partial charge in [-0.3, -0.25) is 9.78 Å². The van der Waals surface area contributed by atoms with Crippen molar-refractivity contribution in [2.24, 2.45) is 5.10 Å². The monoisotopic (exact) mass is 267 g/mol. The second-order valence-electron chi connectivity index (χ2n) is 4.74. The van der Waals surface area contributed by atoms with Gasteiger partial charge in [-0.2, -0.15) is 5.10 Å². The Hall–Kier alpha value is -2.49. The number of aromatic nitrogens is 1. The van der Waals surface area contributed by atoms with E-state index in [4.69, 9.17) is 0 Å². The zero-order valence-corrected chi connectivity index (χ0v) is 11.6. The highest BCUT2D eigenvalue weighted by Crippen LogP contribution is 2.13. The van der Waals surface area contributed by atoms with Crippen molar-refractivity contribution in [3.8, 4) is 0 Å². The van der Waals surface area contributed by atoms with E-state index in [1.165, 1.54) is 5.56 Å². The summed E-state index contributed by atoms with van der Waals surface area (Å²) in [5.74, 6) is 0.186. The molecule has 1 N–H and O–H groups in total. The molecule has 1 aromatic carbocycles. The highest BCUT2D eigenvalue weighted by atomic mass is 16.2. The van der Waals surface area contributed by atoms with Gasteiger partial charge in [-0.1, -0.05) is 44.2 Å². The zero-order valence-electron chi connectivity index (χ0n) is 11.6. The molecule has 4 heteroatoms. The summed E-state index contributed by atoms with van der Waals surface area (Å²) >= 11 is 0. The lowest BCUT2D eigenvalue weighted by Crippen LogP contribution is -2.18. The van der Waals surface area contributed by atoms with Gasteiger partial charge in [0.05, 0.1) is 6.21 Å². The maximum Gasteiger partial charge on any atom is 0.289 e. The quantitative estimate of drug-likeness (QED) is 0.684. The Morgan fingerprint density at radius 1 is 1.20 bits per heavy atom. The molecule has 0 radical (unpaired) electrons. The zero-order chi connectivity index (χ0) is 14.4. The first-order valence-electron chi connectivity index (χ1n) is 6.51. The van der Waals surface area contributed by atoms with E-state index in [9.17, 15) is 4.79 Å². The molecule has 0 saturated carbocycles. The molecule has 0 bridgehead atoms. The molecule has 0 atom stereocenters. The number of carbonyl (C=O) groups is 1. The molecule has 0 fully saturated rings. The smallest absolute Gasteiger partial charge is 0.266 e. The highest BCUT2D eigenvalue weighted by molar-refractivity contribution is 5.93. The molecule has 4 nitrogen and oxygen atoms in total. The Labute approximate surface area is 118 Å². The number of carbonyl (C=O) groups excluding carboxylic acids is 1. The van der Waals surface area contributed by atoms with Crippen LogP contribution in [0.3, 0.4) is 0 Å². The van der Waals surface area contributed by atoms with Crippen LogP contribution in [0.25, 0.3) is 0 Å². The molecule has 2 rings (SSSR count). The normalized spacial score (nSPS) is 10.9. The molecular weight excluding hydrogens is 250 g/mol. The lowest BCUT2D eigenvalue weighted by molar-refractivity contribution is 0.0950. The van der Waals surface area contributed by atoms with E-state index in [0.29, 0.717) is 11.6 Å². The van der Waals surface area contributed by atoms with Crippen LogP contribution in [-0.4, -0.2) is 17.1 Å². The van der Waals surface area contributed by atoms with Crippen LogP contribution >= 0.6 is 0 Å². The Kier molecular flexibility index (Phi) is 4.60. The second kappa shape index (κ2) is 6.61. The molecule has 1 amide bonds. The largest absolute Gasteiger partial charge is 0.289 e. The third-order valence-corrected chi connectivity index (χ3v) is 2.88. The predicted octanol–water partition coefficient (Wildman–Crippen LogP) is 2.97. The van der Waals surface area contributed by atoms with E-state index in [2.05, 4.69) is 41.5 Å². The number of hydrogen-bond donors (Lipinski definition) is 1. The number of nitrogens with one attached hydrogen (secondary N) is 1. The van der Waals surface area contributed by atoms with Crippen LogP contribution in [0, 0.1) is 0 Å². The van der Waals surface area contributed by atoms with Gasteiger partial charge in [0, 0.05) is 6.20 Å². The molecule has 20 heavy (non-hydrogen) atoms. The highest BCUT2D eigenvalue weighted by Gasteiger charge is 2.03. The average Bonchev–Trinajstić information content (AvgIpc) is 2.48. The molecule has 0 aliphatic rings. The molecule has 1 aromatic heterocycles. The maximum absolute atomic E-state index is 11.7. The summed E-state index contributed by atoms with van der Waals surface area (Å²) in [6.45, 7) is 4.30. The van der Waals surface area contributed by atoms with Gasteiger partial charge in [0.25, 0.3) is 5.91 Å². The average molecular weight is 267 g/mol. The van der Waals surface area contributed by atoms with E-state index in [0.717, 1.165) is 5.56 Å².